The number of phenolic OH excluding ortho intramolecular Hbond substituents is 1. The minimum atomic E-state index is -0.544. The van der Waals surface area contributed by atoms with E-state index in [-0.39, 0.29) is 17.2 Å². The molecule has 1 amide bonds. The summed E-state index contributed by atoms with van der Waals surface area (Å²) in [5.41, 5.74) is -0.0174. The number of halogens is 2. The van der Waals surface area contributed by atoms with E-state index in [1.165, 1.54) is 11.0 Å². The number of amides is 1. The van der Waals surface area contributed by atoms with Crippen LogP contribution in [0.15, 0.2) is 18.2 Å². The molecule has 18 heavy (non-hydrogen) atoms. The van der Waals surface area contributed by atoms with Crippen molar-refractivity contribution in [1.29, 1.82) is 0 Å². The van der Waals surface area contributed by atoms with Gasteiger partial charge in [-0.25, -0.2) is 4.39 Å². The predicted molar refractivity (Wildman–Crippen MR) is 69.6 cm³/mol. The normalized spacial score (nSPS) is 10.4. The van der Waals surface area contributed by atoms with E-state index < -0.39 is 5.82 Å². The summed E-state index contributed by atoms with van der Waals surface area (Å²) in [4.78, 5) is 13.7. The number of rotatable bonds is 6. The van der Waals surface area contributed by atoms with Crippen LogP contribution in [-0.4, -0.2) is 34.9 Å². The Morgan fingerprint density at radius 2 is 2.17 bits per heavy atom. The van der Waals surface area contributed by atoms with Crippen molar-refractivity contribution in [2.45, 2.75) is 19.8 Å². The minimum Gasteiger partial charge on any atom is -0.507 e. The fraction of sp³-hybridized carbons (Fsp3) is 0.462. The number of phenols is 1. The number of alkyl halides is 1. The lowest BCUT2D eigenvalue weighted by Crippen LogP contribution is -2.33. The molecular formula is C13H17ClFNO2. The zero-order valence-electron chi connectivity index (χ0n) is 10.3. The standard InChI is InChI=1S/C13H17ClFNO2/c1-2-3-7-16(8-6-14)13(18)11-9-10(15)4-5-12(11)17/h4-5,9,17H,2-3,6-8H2,1H3. The van der Waals surface area contributed by atoms with Crippen LogP contribution in [0.3, 0.4) is 0 Å². The van der Waals surface area contributed by atoms with Gasteiger partial charge in [-0.05, 0) is 24.6 Å². The molecule has 0 aromatic heterocycles. The molecule has 0 fully saturated rings. The lowest BCUT2D eigenvalue weighted by atomic mass is 10.1. The molecule has 100 valence electrons. The fourth-order valence-electron chi connectivity index (χ4n) is 1.62. The molecule has 1 rings (SSSR count). The molecule has 0 saturated carbocycles. The van der Waals surface area contributed by atoms with Gasteiger partial charge in [-0.3, -0.25) is 4.79 Å². The highest BCUT2D eigenvalue weighted by Crippen LogP contribution is 2.20. The van der Waals surface area contributed by atoms with Crippen molar-refractivity contribution in [2.75, 3.05) is 19.0 Å². The van der Waals surface area contributed by atoms with Gasteiger partial charge in [-0.2, -0.15) is 0 Å². The Balaban J connectivity index is 2.90. The van der Waals surface area contributed by atoms with Crippen LogP contribution in [0.1, 0.15) is 30.1 Å². The summed E-state index contributed by atoms with van der Waals surface area (Å²) in [6.07, 6.45) is 1.79. The molecule has 0 saturated heterocycles. The summed E-state index contributed by atoms with van der Waals surface area (Å²) in [6.45, 7) is 2.96. The van der Waals surface area contributed by atoms with E-state index in [9.17, 15) is 14.3 Å². The van der Waals surface area contributed by atoms with Crippen LogP contribution in [0.4, 0.5) is 4.39 Å². The summed E-state index contributed by atoms with van der Waals surface area (Å²) >= 11 is 5.65. The van der Waals surface area contributed by atoms with Crippen molar-refractivity contribution in [3.05, 3.63) is 29.6 Å². The summed E-state index contributed by atoms with van der Waals surface area (Å²) in [5.74, 6) is -0.832. The highest BCUT2D eigenvalue weighted by molar-refractivity contribution is 6.18. The third-order valence-electron chi connectivity index (χ3n) is 2.61. The smallest absolute Gasteiger partial charge is 0.257 e. The van der Waals surface area contributed by atoms with Crippen molar-refractivity contribution in [1.82, 2.24) is 4.90 Å². The zero-order valence-corrected chi connectivity index (χ0v) is 11.1. The molecule has 0 radical (unpaired) electrons. The molecule has 0 atom stereocenters. The summed E-state index contributed by atoms with van der Waals surface area (Å²) in [5, 5.41) is 9.60. The lowest BCUT2D eigenvalue weighted by Gasteiger charge is -2.22. The maximum Gasteiger partial charge on any atom is 0.257 e. The Kier molecular flexibility index (Phi) is 5.92. The second kappa shape index (κ2) is 7.21. The molecule has 0 unspecified atom stereocenters. The van der Waals surface area contributed by atoms with Gasteiger partial charge in [0.1, 0.15) is 11.6 Å². The van der Waals surface area contributed by atoms with Gasteiger partial charge in [0.25, 0.3) is 5.91 Å². The van der Waals surface area contributed by atoms with E-state index in [1.54, 1.807) is 0 Å². The molecule has 0 bridgehead atoms. The minimum absolute atomic E-state index is 0.0174. The maximum atomic E-state index is 13.1. The van der Waals surface area contributed by atoms with Gasteiger partial charge < -0.3 is 10.0 Å². The maximum absolute atomic E-state index is 13.1. The van der Waals surface area contributed by atoms with Crippen molar-refractivity contribution in [3.8, 4) is 5.75 Å². The quantitative estimate of drug-likeness (QED) is 0.810. The average Bonchev–Trinajstić information content (AvgIpc) is 2.36. The van der Waals surface area contributed by atoms with Gasteiger partial charge in [-0.15, -0.1) is 11.6 Å². The molecule has 0 heterocycles. The molecule has 1 aromatic carbocycles. The summed E-state index contributed by atoms with van der Waals surface area (Å²) in [6, 6.07) is 3.34. The van der Waals surface area contributed by atoms with Crippen LogP contribution >= 0.6 is 11.6 Å². The van der Waals surface area contributed by atoms with E-state index in [0.717, 1.165) is 25.0 Å². The SMILES string of the molecule is CCCCN(CCCl)C(=O)c1cc(F)ccc1O. The average molecular weight is 274 g/mol. The molecule has 1 aromatic rings. The lowest BCUT2D eigenvalue weighted by molar-refractivity contribution is 0.0760. The van der Waals surface area contributed by atoms with Gasteiger partial charge in [0, 0.05) is 19.0 Å². The number of carbonyl (C=O) groups is 1. The van der Waals surface area contributed by atoms with Crippen LogP contribution in [0, 0.1) is 5.82 Å². The van der Waals surface area contributed by atoms with Crippen LogP contribution in [0.2, 0.25) is 0 Å². The van der Waals surface area contributed by atoms with Crippen LogP contribution in [0.5, 0.6) is 5.75 Å². The molecular weight excluding hydrogens is 257 g/mol. The van der Waals surface area contributed by atoms with Crippen LogP contribution in [0.25, 0.3) is 0 Å². The third-order valence-corrected chi connectivity index (χ3v) is 2.78. The molecule has 0 aliphatic heterocycles. The predicted octanol–water partition coefficient (Wildman–Crippen LogP) is 3.01. The number of benzene rings is 1. The second-order valence-corrected chi connectivity index (χ2v) is 4.37. The number of unbranched alkanes of at least 4 members (excludes halogenated alkanes) is 1. The first-order valence-corrected chi connectivity index (χ1v) is 6.47. The number of carbonyl (C=O) groups excluding carboxylic acids is 1. The van der Waals surface area contributed by atoms with E-state index in [0.29, 0.717) is 19.0 Å². The van der Waals surface area contributed by atoms with Crippen molar-refractivity contribution in [3.63, 3.8) is 0 Å². The Hall–Kier alpha value is -1.29. The molecule has 5 heteroatoms. The van der Waals surface area contributed by atoms with Gasteiger partial charge >= 0.3 is 0 Å². The number of hydrogen-bond acceptors (Lipinski definition) is 2. The van der Waals surface area contributed by atoms with E-state index in [2.05, 4.69) is 0 Å². The number of aromatic hydroxyl groups is 1. The van der Waals surface area contributed by atoms with Crippen LogP contribution in [-0.2, 0) is 0 Å². The first-order valence-electron chi connectivity index (χ1n) is 5.94. The summed E-state index contributed by atoms with van der Waals surface area (Å²) in [7, 11) is 0. The first kappa shape index (κ1) is 14.8. The van der Waals surface area contributed by atoms with E-state index >= 15 is 0 Å². The molecule has 0 aliphatic carbocycles. The van der Waals surface area contributed by atoms with Crippen molar-refractivity contribution < 1.29 is 14.3 Å². The van der Waals surface area contributed by atoms with Gasteiger partial charge in [-0.1, -0.05) is 13.3 Å². The highest BCUT2D eigenvalue weighted by atomic mass is 35.5. The Labute approximate surface area is 111 Å². The molecule has 1 N–H and O–H groups in total. The van der Waals surface area contributed by atoms with Crippen molar-refractivity contribution >= 4 is 17.5 Å². The molecule has 3 nitrogen and oxygen atoms in total. The van der Waals surface area contributed by atoms with E-state index in [1.807, 2.05) is 6.92 Å². The van der Waals surface area contributed by atoms with Gasteiger partial charge in [0.05, 0.1) is 5.56 Å². The zero-order chi connectivity index (χ0) is 13.5. The Morgan fingerprint density at radius 1 is 1.44 bits per heavy atom. The summed E-state index contributed by atoms with van der Waals surface area (Å²) < 4.78 is 13.1. The molecule has 0 aliphatic rings. The van der Waals surface area contributed by atoms with Crippen molar-refractivity contribution in [2.24, 2.45) is 0 Å². The Morgan fingerprint density at radius 3 is 2.78 bits per heavy atom. The largest absolute Gasteiger partial charge is 0.507 e. The number of nitrogens with zero attached hydrogens (tertiary/aromatic N) is 1. The van der Waals surface area contributed by atoms with Gasteiger partial charge in [0.2, 0.25) is 0 Å². The van der Waals surface area contributed by atoms with Crippen LogP contribution < -0.4 is 0 Å². The van der Waals surface area contributed by atoms with Gasteiger partial charge in [0.15, 0.2) is 0 Å². The monoisotopic (exact) mass is 273 g/mol. The second-order valence-electron chi connectivity index (χ2n) is 4.00. The first-order chi connectivity index (χ1) is 8.60. The number of hydrogen-bond donors (Lipinski definition) is 1. The molecule has 0 spiro atoms. The van der Waals surface area contributed by atoms with E-state index in [4.69, 9.17) is 11.6 Å². The third kappa shape index (κ3) is 3.88. The fourth-order valence-corrected chi connectivity index (χ4v) is 1.82. The Bertz CT molecular complexity index is 412. The highest BCUT2D eigenvalue weighted by Gasteiger charge is 2.18. The topological polar surface area (TPSA) is 40.5 Å².